The normalized spacial score (nSPS) is 11.8. The van der Waals surface area contributed by atoms with Gasteiger partial charge in [0.05, 0.1) is 29.5 Å². The summed E-state index contributed by atoms with van der Waals surface area (Å²) in [4.78, 5) is 23.9. The van der Waals surface area contributed by atoms with Crippen LogP contribution in [0, 0.1) is 0 Å². The molecule has 0 bridgehead atoms. The average Bonchev–Trinajstić information content (AvgIpc) is 2.59. The zero-order chi connectivity index (χ0) is 20.4. The second-order valence-corrected chi connectivity index (χ2v) is 5.29. The van der Waals surface area contributed by atoms with Gasteiger partial charge in [0.1, 0.15) is 0 Å². The maximum absolute atomic E-state index is 12.9. The first-order chi connectivity index (χ1) is 12.4. The van der Waals surface area contributed by atoms with E-state index in [1.165, 1.54) is 24.3 Å². The largest absolute Gasteiger partial charge is 0.465 e. The van der Waals surface area contributed by atoms with Gasteiger partial charge in [0.15, 0.2) is 0 Å². The van der Waals surface area contributed by atoms with E-state index in [4.69, 9.17) is 0 Å². The number of hydrogen-bond acceptors (Lipinski definition) is 3. The van der Waals surface area contributed by atoms with Gasteiger partial charge in [0, 0.05) is 5.56 Å². The average molecular weight is 391 g/mol. The molecule has 2 rings (SSSR count). The molecule has 1 N–H and O–H groups in total. The third-order valence-electron chi connectivity index (χ3n) is 3.43. The molecular formula is C17H11F6NO3. The number of alkyl halides is 6. The fourth-order valence-corrected chi connectivity index (χ4v) is 2.16. The molecule has 0 spiro atoms. The molecule has 27 heavy (non-hydrogen) atoms. The number of methoxy groups -OCH3 is 1. The summed E-state index contributed by atoms with van der Waals surface area (Å²) in [6.45, 7) is 0. The first kappa shape index (κ1) is 20.3. The highest BCUT2D eigenvalue weighted by Crippen LogP contribution is 2.36. The van der Waals surface area contributed by atoms with Crippen molar-refractivity contribution < 1.29 is 40.7 Å². The predicted octanol–water partition coefficient (Wildman–Crippen LogP) is 4.76. The second kappa shape index (κ2) is 7.29. The van der Waals surface area contributed by atoms with Crippen LogP contribution in [-0.4, -0.2) is 19.0 Å². The number of esters is 1. The molecule has 1 amide bonds. The highest BCUT2D eigenvalue weighted by Gasteiger charge is 2.37. The number of halogens is 6. The van der Waals surface area contributed by atoms with Crippen molar-refractivity contribution in [3.63, 3.8) is 0 Å². The third kappa shape index (κ3) is 4.78. The Morgan fingerprint density at radius 1 is 0.889 bits per heavy atom. The smallest absolute Gasteiger partial charge is 0.416 e. The minimum Gasteiger partial charge on any atom is -0.465 e. The first-order valence-corrected chi connectivity index (χ1v) is 7.21. The molecule has 0 saturated heterocycles. The van der Waals surface area contributed by atoms with Gasteiger partial charge in [-0.25, -0.2) is 4.79 Å². The highest BCUT2D eigenvalue weighted by molar-refractivity contribution is 6.08. The molecule has 0 aliphatic carbocycles. The monoisotopic (exact) mass is 391 g/mol. The van der Waals surface area contributed by atoms with Crippen LogP contribution < -0.4 is 5.32 Å². The molecule has 10 heteroatoms. The van der Waals surface area contributed by atoms with Crippen LogP contribution in [0.2, 0.25) is 0 Å². The summed E-state index contributed by atoms with van der Waals surface area (Å²) in [6, 6.07) is 5.89. The standard InChI is InChI=1S/C17H11F6NO3/c1-27-15(26)12-4-2-3-5-13(12)24-14(25)9-6-10(16(18,19)20)8-11(7-9)17(21,22)23/h2-8H,1H3,(H,24,25). The van der Waals surface area contributed by atoms with Crippen molar-refractivity contribution >= 4 is 17.6 Å². The lowest BCUT2D eigenvalue weighted by molar-refractivity contribution is -0.143. The molecule has 4 nitrogen and oxygen atoms in total. The van der Waals surface area contributed by atoms with Crippen LogP contribution in [0.4, 0.5) is 32.0 Å². The Bertz CT molecular complexity index is 841. The van der Waals surface area contributed by atoms with Crippen molar-refractivity contribution in [3.8, 4) is 0 Å². The van der Waals surface area contributed by atoms with Gasteiger partial charge in [-0.1, -0.05) is 12.1 Å². The molecule has 0 saturated carbocycles. The van der Waals surface area contributed by atoms with E-state index in [1.54, 1.807) is 0 Å². The van der Waals surface area contributed by atoms with Crippen molar-refractivity contribution in [3.05, 3.63) is 64.7 Å². The minimum atomic E-state index is -5.08. The maximum Gasteiger partial charge on any atom is 0.416 e. The number of amides is 1. The summed E-state index contributed by atoms with van der Waals surface area (Å²) in [6.07, 6.45) is -10.2. The number of ether oxygens (including phenoxy) is 1. The van der Waals surface area contributed by atoms with Gasteiger partial charge in [-0.2, -0.15) is 26.3 Å². The molecule has 0 atom stereocenters. The molecule has 0 heterocycles. The predicted molar refractivity (Wildman–Crippen MR) is 82.2 cm³/mol. The number of para-hydroxylation sites is 1. The molecule has 2 aromatic rings. The summed E-state index contributed by atoms with van der Waals surface area (Å²) < 4.78 is 81.8. The SMILES string of the molecule is COC(=O)c1ccccc1NC(=O)c1cc(C(F)(F)F)cc(C(F)(F)F)c1. The Morgan fingerprint density at radius 3 is 1.89 bits per heavy atom. The highest BCUT2D eigenvalue weighted by atomic mass is 19.4. The van der Waals surface area contributed by atoms with E-state index in [9.17, 15) is 35.9 Å². The van der Waals surface area contributed by atoms with Crippen molar-refractivity contribution in [2.24, 2.45) is 0 Å². The van der Waals surface area contributed by atoms with Gasteiger partial charge < -0.3 is 10.1 Å². The first-order valence-electron chi connectivity index (χ1n) is 7.21. The molecular weight excluding hydrogens is 380 g/mol. The quantitative estimate of drug-likeness (QED) is 0.606. The van der Waals surface area contributed by atoms with Crippen molar-refractivity contribution in [2.45, 2.75) is 12.4 Å². The maximum atomic E-state index is 12.9. The number of benzene rings is 2. The Labute approximate surface area is 148 Å². The number of hydrogen-bond donors (Lipinski definition) is 1. The number of carbonyl (C=O) groups excluding carboxylic acids is 2. The molecule has 0 aliphatic rings. The van der Waals surface area contributed by atoms with Crippen LogP contribution in [0.3, 0.4) is 0 Å². The third-order valence-corrected chi connectivity index (χ3v) is 3.43. The number of anilines is 1. The molecule has 144 valence electrons. The van der Waals surface area contributed by atoms with Crippen LogP contribution in [0.1, 0.15) is 31.8 Å². The molecule has 0 aliphatic heterocycles. The number of nitrogens with one attached hydrogen (secondary N) is 1. The summed E-state index contributed by atoms with van der Waals surface area (Å²) >= 11 is 0. The van der Waals surface area contributed by atoms with Crippen molar-refractivity contribution in [1.82, 2.24) is 0 Å². The fourth-order valence-electron chi connectivity index (χ4n) is 2.16. The zero-order valence-electron chi connectivity index (χ0n) is 13.5. The Hall–Kier alpha value is -3.04. The summed E-state index contributed by atoms with van der Waals surface area (Å²) in [5.74, 6) is -2.09. The topological polar surface area (TPSA) is 55.4 Å². The molecule has 0 aromatic heterocycles. The molecule has 2 aromatic carbocycles. The molecule has 0 unspecified atom stereocenters. The lowest BCUT2D eigenvalue weighted by atomic mass is 10.0. The lowest BCUT2D eigenvalue weighted by Crippen LogP contribution is -2.18. The van der Waals surface area contributed by atoms with E-state index in [-0.39, 0.29) is 17.3 Å². The van der Waals surface area contributed by atoms with E-state index in [2.05, 4.69) is 10.1 Å². The van der Waals surface area contributed by atoms with Crippen LogP contribution in [-0.2, 0) is 17.1 Å². The van der Waals surface area contributed by atoms with Crippen LogP contribution >= 0.6 is 0 Å². The van der Waals surface area contributed by atoms with E-state index in [1.807, 2.05) is 0 Å². The minimum absolute atomic E-state index is 0.0842. The van der Waals surface area contributed by atoms with E-state index < -0.39 is 40.9 Å². The Morgan fingerprint density at radius 2 is 1.41 bits per heavy atom. The fraction of sp³-hybridized carbons (Fsp3) is 0.176. The van der Waals surface area contributed by atoms with Gasteiger partial charge >= 0.3 is 18.3 Å². The van der Waals surface area contributed by atoms with E-state index in [0.717, 1.165) is 7.11 Å². The lowest BCUT2D eigenvalue weighted by Gasteiger charge is -2.15. The summed E-state index contributed by atoms with van der Waals surface area (Å²) in [7, 11) is 1.07. The van der Waals surface area contributed by atoms with Crippen LogP contribution in [0.15, 0.2) is 42.5 Å². The molecule has 0 radical (unpaired) electrons. The van der Waals surface area contributed by atoms with Gasteiger partial charge in [-0.3, -0.25) is 4.79 Å². The number of rotatable bonds is 3. The van der Waals surface area contributed by atoms with Crippen molar-refractivity contribution in [1.29, 1.82) is 0 Å². The van der Waals surface area contributed by atoms with Crippen molar-refractivity contribution in [2.75, 3.05) is 12.4 Å². The summed E-state index contributed by atoms with van der Waals surface area (Å²) in [5, 5.41) is 2.12. The Balaban J connectivity index is 2.47. The second-order valence-electron chi connectivity index (χ2n) is 5.29. The zero-order valence-corrected chi connectivity index (χ0v) is 13.5. The Kier molecular flexibility index (Phi) is 5.48. The van der Waals surface area contributed by atoms with E-state index in [0.29, 0.717) is 12.1 Å². The van der Waals surface area contributed by atoms with Crippen LogP contribution in [0.5, 0.6) is 0 Å². The van der Waals surface area contributed by atoms with Gasteiger partial charge in [-0.15, -0.1) is 0 Å². The van der Waals surface area contributed by atoms with Gasteiger partial charge in [-0.05, 0) is 30.3 Å². The van der Waals surface area contributed by atoms with Crippen LogP contribution in [0.25, 0.3) is 0 Å². The molecule has 0 fully saturated rings. The van der Waals surface area contributed by atoms with Gasteiger partial charge in [0.25, 0.3) is 5.91 Å². The number of carbonyl (C=O) groups is 2. The summed E-state index contributed by atoms with van der Waals surface area (Å²) in [5.41, 5.74) is -4.35. The van der Waals surface area contributed by atoms with E-state index >= 15 is 0 Å². The van der Waals surface area contributed by atoms with Gasteiger partial charge in [0.2, 0.25) is 0 Å².